The van der Waals surface area contributed by atoms with Gasteiger partial charge in [0, 0.05) is 6.54 Å². The average Bonchev–Trinajstić information content (AvgIpc) is 2.97. The van der Waals surface area contributed by atoms with Crippen LogP contribution in [0.25, 0.3) is 0 Å². The van der Waals surface area contributed by atoms with Crippen LogP contribution < -0.4 is 0 Å². The molecular formula is C19H37NO3. The van der Waals surface area contributed by atoms with Gasteiger partial charge in [-0.05, 0) is 25.8 Å². The number of rotatable bonds is 14. The number of hydrogen-bond acceptors (Lipinski definition) is 3. The molecule has 0 spiro atoms. The van der Waals surface area contributed by atoms with E-state index in [4.69, 9.17) is 5.11 Å². The highest BCUT2D eigenvalue weighted by molar-refractivity contribution is 5.73. The van der Waals surface area contributed by atoms with E-state index < -0.39 is 5.97 Å². The van der Waals surface area contributed by atoms with Crippen molar-refractivity contribution in [2.75, 3.05) is 13.1 Å². The number of aliphatic hydroxyl groups is 1. The zero-order valence-corrected chi connectivity index (χ0v) is 15.0. The van der Waals surface area contributed by atoms with Gasteiger partial charge in [-0.25, -0.2) is 0 Å². The van der Waals surface area contributed by atoms with Gasteiger partial charge in [-0.2, -0.15) is 0 Å². The monoisotopic (exact) mass is 327 g/mol. The lowest BCUT2D eigenvalue weighted by Crippen LogP contribution is -2.40. The largest absolute Gasteiger partial charge is 0.480 e. The van der Waals surface area contributed by atoms with Gasteiger partial charge in [0.1, 0.15) is 6.04 Å². The van der Waals surface area contributed by atoms with Gasteiger partial charge in [-0.3, -0.25) is 9.69 Å². The molecule has 4 nitrogen and oxygen atoms in total. The summed E-state index contributed by atoms with van der Waals surface area (Å²) in [5.74, 6) is -0.742. The molecule has 0 aromatic rings. The molecule has 1 aliphatic heterocycles. The number of β-amino-alcohol motifs (C(OH)–C–C–N with tert-alkyl or cyclic N) is 1. The van der Waals surface area contributed by atoms with Crippen LogP contribution in [-0.2, 0) is 4.79 Å². The maximum absolute atomic E-state index is 11.1. The lowest BCUT2D eigenvalue weighted by Gasteiger charge is -2.23. The Morgan fingerprint density at radius 1 is 1.04 bits per heavy atom. The van der Waals surface area contributed by atoms with Crippen molar-refractivity contribution in [3.05, 3.63) is 0 Å². The van der Waals surface area contributed by atoms with Gasteiger partial charge in [0.15, 0.2) is 0 Å². The van der Waals surface area contributed by atoms with Gasteiger partial charge in [0.25, 0.3) is 0 Å². The second kappa shape index (κ2) is 12.8. The quantitative estimate of drug-likeness (QED) is 0.469. The Labute approximate surface area is 142 Å². The molecule has 0 unspecified atom stereocenters. The van der Waals surface area contributed by atoms with E-state index in [1.54, 1.807) is 0 Å². The number of carboxylic acids is 1. The molecule has 23 heavy (non-hydrogen) atoms. The van der Waals surface area contributed by atoms with Crippen LogP contribution in [0.3, 0.4) is 0 Å². The predicted molar refractivity (Wildman–Crippen MR) is 94.7 cm³/mol. The summed E-state index contributed by atoms with van der Waals surface area (Å²) in [7, 11) is 0. The van der Waals surface area contributed by atoms with Crippen molar-refractivity contribution < 1.29 is 15.0 Å². The Morgan fingerprint density at radius 3 is 2.17 bits per heavy atom. The second-order valence-electron chi connectivity index (χ2n) is 7.12. The molecule has 1 heterocycles. The first-order chi connectivity index (χ1) is 11.1. The van der Waals surface area contributed by atoms with Crippen LogP contribution in [0.1, 0.15) is 90.4 Å². The van der Waals surface area contributed by atoms with Gasteiger partial charge < -0.3 is 10.2 Å². The topological polar surface area (TPSA) is 60.8 Å². The molecule has 136 valence electrons. The first-order valence-electron chi connectivity index (χ1n) is 9.80. The summed E-state index contributed by atoms with van der Waals surface area (Å²) < 4.78 is 0. The van der Waals surface area contributed by atoms with Crippen LogP contribution in [-0.4, -0.2) is 46.3 Å². The molecule has 0 saturated carbocycles. The third-order valence-electron chi connectivity index (χ3n) is 4.98. The number of nitrogens with zero attached hydrogens (tertiary/aromatic N) is 1. The number of carbonyl (C=O) groups is 1. The molecule has 0 amide bonds. The minimum absolute atomic E-state index is 0.371. The summed E-state index contributed by atoms with van der Waals surface area (Å²) in [4.78, 5) is 13.0. The number of aliphatic hydroxyl groups excluding tert-OH is 1. The smallest absolute Gasteiger partial charge is 0.320 e. The number of hydrogen-bond donors (Lipinski definition) is 2. The molecule has 1 saturated heterocycles. The first-order valence-corrected chi connectivity index (χ1v) is 9.80. The first kappa shape index (κ1) is 20.4. The lowest BCUT2D eigenvalue weighted by atomic mass is 10.0. The van der Waals surface area contributed by atoms with E-state index in [0.717, 1.165) is 32.2 Å². The fourth-order valence-electron chi connectivity index (χ4n) is 3.55. The Balaban J connectivity index is 1.94. The van der Waals surface area contributed by atoms with E-state index in [1.807, 2.05) is 4.90 Å². The van der Waals surface area contributed by atoms with Crippen LogP contribution in [0.5, 0.6) is 0 Å². The van der Waals surface area contributed by atoms with E-state index >= 15 is 0 Å². The molecule has 2 N–H and O–H groups in total. The summed E-state index contributed by atoms with van der Waals surface area (Å²) >= 11 is 0. The van der Waals surface area contributed by atoms with Crippen molar-refractivity contribution in [2.24, 2.45) is 0 Å². The maximum Gasteiger partial charge on any atom is 0.320 e. The molecule has 2 atom stereocenters. The van der Waals surface area contributed by atoms with Gasteiger partial charge in [0.05, 0.1) is 6.10 Å². The lowest BCUT2D eigenvalue weighted by molar-refractivity contribution is -0.142. The summed E-state index contributed by atoms with van der Waals surface area (Å²) in [6.07, 6.45) is 15.1. The van der Waals surface area contributed by atoms with Crippen LogP contribution in [0, 0.1) is 0 Å². The normalized spacial score (nSPS) is 20.0. The zero-order valence-electron chi connectivity index (χ0n) is 15.0. The molecule has 0 bridgehead atoms. The Kier molecular flexibility index (Phi) is 11.3. The van der Waals surface area contributed by atoms with Gasteiger partial charge in [-0.15, -0.1) is 0 Å². The summed E-state index contributed by atoms with van der Waals surface area (Å²) in [6, 6.07) is -0.377. The van der Waals surface area contributed by atoms with Crippen molar-refractivity contribution in [1.82, 2.24) is 4.90 Å². The fourth-order valence-corrected chi connectivity index (χ4v) is 3.55. The molecule has 1 aliphatic rings. The molecule has 1 fully saturated rings. The van der Waals surface area contributed by atoms with Crippen LogP contribution >= 0.6 is 0 Å². The molecule has 1 rings (SSSR count). The minimum Gasteiger partial charge on any atom is -0.480 e. The van der Waals surface area contributed by atoms with Gasteiger partial charge in [-0.1, -0.05) is 71.1 Å². The fraction of sp³-hybridized carbons (Fsp3) is 0.947. The van der Waals surface area contributed by atoms with E-state index in [0.29, 0.717) is 6.54 Å². The zero-order chi connectivity index (χ0) is 16.9. The molecule has 0 aromatic heterocycles. The summed E-state index contributed by atoms with van der Waals surface area (Å²) in [5.41, 5.74) is 0. The van der Waals surface area contributed by atoms with Crippen molar-refractivity contribution >= 4 is 5.97 Å². The van der Waals surface area contributed by atoms with Gasteiger partial charge >= 0.3 is 5.97 Å². The molecular weight excluding hydrogens is 290 g/mol. The number of likely N-dealkylation sites (tertiary alicyclic amines) is 1. The van der Waals surface area contributed by atoms with Crippen molar-refractivity contribution in [3.63, 3.8) is 0 Å². The van der Waals surface area contributed by atoms with Crippen LogP contribution in [0.2, 0.25) is 0 Å². The Hall–Kier alpha value is -0.610. The third-order valence-corrected chi connectivity index (χ3v) is 4.98. The predicted octanol–water partition coefficient (Wildman–Crippen LogP) is 4.21. The SMILES string of the molecule is CCCCCCCCCCCC[C@H](O)CN1CCC[C@H]1C(=O)O. The Morgan fingerprint density at radius 2 is 1.61 bits per heavy atom. The van der Waals surface area contributed by atoms with Crippen LogP contribution in [0.15, 0.2) is 0 Å². The van der Waals surface area contributed by atoms with E-state index in [1.165, 1.54) is 57.8 Å². The molecule has 4 heteroatoms. The van der Waals surface area contributed by atoms with Crippen molar-refractivity contribution in [3.8, 4) is 0 Å². The van der Waals surface area contributed by atoms with E-state index in [-0.39, 0.29) is 12.1 Å². The van der Waals surface area contributed by atoms with E-state index in [9.17, 15) is 9.90 Å². The highest BCUT2D eigenvalue weighted by atomic mass is 16.4. The van der Waals surface area contributed by atoms with Crippen molar-refractivity contribution in [1.29, 1.82) is 0 Å². The highest BCUT2D eigenvalue weighted by Crippen LogP contribution is 2.19. The standard InChI is InChI=1S/C19H37NO3/c1-2-3-4-5-6-7-8-9-10-11-13-17(21)16-20-15-12-14-18(20)19(22)23/h17-18,21H,2-16H2,1H3,(H,22,23)/t17-,18-/m0/s1. The number of carboxylic acid groups (broad SMARTS) is 1. The maximum atomic E-state index is 11.1. The summed E-state index contributed by atoms with van der Waals surface area (Å²) in [6.45, 7) is 3.58. The molecule has 0 aromatic carbocycles. The van der Waals surface area contributed by atoms with Crippen molar-refractivity contribution in [2.45, 2.75) is 103 Å². The second-order valence-corrected chi connectivity index (χ2v) is 7.12. The highest BCUT2D eigenvalue weighted by Gasteiger charge is 2.31. The Bertz CT molecular complexity index is 309. The van der Waals surface area contributed by atoms with Crippen LogP contribution in [0.4, 0.5) is 0 Å². The molecule has 0 radical (unpaired) electrons. The van der Waals surface area contributed by atoms with E-state index in [2.05, 4.69) is 6.92 Å². The number of aliphatic carboxylic acids is 1. The molecule has 0 aliphatic carbocycles. The number of unbranched alkanes of at least 4 members (excludes halogenated alkanes) is 9. The van der Waals surface area contributed by atoms with Gasteiger partial charge in [0.2, 0.25) is 0 Å². The summed E-state index contributed by atoms with van der Waals surface area (Å²) in [5, 5.41) is 19.2. The third kappa shape index (κ3) is 9.31. The average molecular weight is 328 g/mol. The minimum atomic E-state index is -0.742.